The Hall–Kier alpha value is -11.2. The summed E-state index contributed by atoms with van der Waals surface area (Å²) in [6, 6.07) is 108. The fraction of sp³-hybridized carbons (Fsp3) is 0. The van der Waals surface area contributed by atoms with Gasteiger partial charge in [0.25, 0.3) is 0 Å². The maximum absolute atomic E-state index is 2.74. The molecule has 0 amide bonds. The zero-order chi connectivity index (χ0) is 57.9. The highest BCUT2D eigenvalue weighted by Crippen LogP contribution is 2.54. The van der Waals surface area contributed by atoms with Crippen molar-refractivity contribution in [3.8, 4) is 22.3 Å². The molecule has 0 aliphatic carbocycles. The molecule has 0 fully saturated rings. The molecular weight excluding hydrogens is 1080 g/mol. The summed E-state index contributed by atoms with van der Waals surface area (Å²) in [5.74, 6) is 0. The normalized spacial score (nSPS) is 14.5. The molecule has 8 aliphatic heterocycles. The fourth-order valence-electron chi connectivity index (χ4n) is 19.0. The molecule has 0 unspecified atom stereocenters. The van der Waals surface area contributed by atoms with Crippen LogP contribution in [0.4, 0.5) is 68.2 Å². The van der Waals surface area contributed by atoms with Gasteiger partial charge >= 0.3 is 0 Å². The average Bonchev–Trinajstić information content (AvgIpc) is 0.666. The van der Waals surface area contributed by atoms with E-state index < -0.39 is 0 Å². The molecule has 0 atom stereocenters. The zero-order valence-electron chi connectivity index (χ0n) is 48.7. The van der Waals surface area contributed by atoms with Gasteiger partial charge in [-0.3, -0.25) is 0 Å². The molecule has 8 aliphatic rings. The number of fused-ring (bicyclic) bond motifs is 12. The standard InChI is InChI=1S/C82H46B4N4/c1-5-25-51(26-6-1)87-63-39-15-13-33-55(63)83-57-35-17-21-47-41-49-23-19-37-59-73(49)75(71(47)57)77-79(83)67(87)45-69-81(77)85(59)61-43-62-66(44-65(61)89(69)53-29-9-3-10-30-53)90(54-31-11-4-12-32-54)70-46-68-80-78-76-72-48(42-50-24-20-38-60(74(50)76)86(62)82(70)78)22-18-36-58(72)84(80)56-34-14-16-40-64(56)88(68)52-27-7-2-8-28-52/h1-46H. The summed E-state index contributed by atoms with van der Waals surface area (Å²) in [6.07, 6.45) is 0. The number of anilines is 12. The summed E-state index contributed by atoms with van der Waals surface area (Å²) in [7, 11) is 0. The first-order chi connectivity index (χ1) is 44.7. The van der Waals surface area contributed by atoms with E-state index in [9.17, 15) is 0 Å². The Morgan fingerprint density at radius 3 is 0.778 bits per heavy atom. The van der Waals surface area contributed by atoms with Crippen molar-refractivity contribution < 1.29 is 0 Å². The number of nitrogens with zero attached hydrogens (tertiary/aromatic N) is 4. The molecule has 15 aromatic carbocycles. The van der Waals surface area contributed by atoms with E-state index in [-0.39, 0.29) is 26.9 Å². The molecule has 0 N–H and O–H groups in total. The second-order valence-electron chi connectivity index (χ2n) is 26.0. The van der Waals surface area contributed by atoms with Crippen LogP contribution in [0, 0.1) is 0 Å². The lowest BCUT2D eigenvalue weighted by molar-refractivity contribution is 1.24. The Balaban J connectivity index is 0.894. The van der Waals surface area contributed by atoms with Crippen molar-refractivity contribution in [3.05, 3.63) is 279 Å². The van der Waals surface area contributed by atoms with Gasteiger partial charge in [0.2, 0.25) is 26.9 Å². The summed E-state index contributed by atoms with van der Waals surface area (Å²) in [4.78, 5) is 10.5. The average molecular weight is 1130 g/mol. The van der Waals surface area contributed by atoms with Crippen LogP contribution in [0.5, 0.6) is 0 Å². The van der Waals surface area contributed by atoms with Gasteiger partial charge in [0, 0.05) is 68.2 Å². The maximum atomic E-state index is 2.74. The fourth-order valence-corrected chi connectivity index (χ4v) is 19.0. The maximum Gasteiger partial charge on any atom is 0.248 e. The van der Waals surface area contributed by atoms with Gasteiger partial charge in [0.1, 0.15) is 0 Å². The van der Waals surface area contributed by atoms with Gasteiger partial charge in [-0.2, -0.15) is 0 Å². The van der Waals surface area contributed by atoms with Crippen LogP contribution in [0.3, 0.4) is 0 Å². The largest absolute Gasteiger partial charge is 0.311 e. The van der Waals surface area contributed by atoms with Gasteiger partial charge in [-0.05, 0) is 200 Å². The van der Waals surface area contributed by atoms with Gasteiger partial charge in [0.05, 0.1) is 0 Å². The third-order valence-electron chi connectivity index (χ3n) is 22.0. The van der Waals surface area contributed by atoms with Crippen molar-refractivity contribution in [1.29, 1.82) is 0 Å². The van der Waals surface area contributed by atoms with E-state index >= 15 is 0 Å². The van der Waals surface area contributed by atoms with E-state index in [1.165, 1.54) is 176 Å². The number of hydrogen-bond donors (Lipinski definition) is 0. The second-order valence-corrected chi connectivity index (χ2v) is 26.0. The molecule has 15 aromatic rings. The Morgan fingerprint density at radius 1 is 0.178 bits per heavy atom. The number of hydrogen-bond acceptors (Lipinski definition) is 4. The first-order valence-electron chi connectivity index (χ1n) is 31.9. The first-order valence-corrected chi connectivity index (χ1v) is 31.9. The molecule has 8 heterocycles. The Morgan fingerprint density at radius 2 is 0.444 bits per heavy atom. The minimum absolute atomic E-state index is 0.0259. The zero-order valence-corrected chi connectivity index (χ0v) is 48.7. The van der Waals surface area contributed by atoms with Gasteiger partial charge in [-0.25, -0.2) is 0 Å². The molecule has 0 spiro atoms. The van der Waals surface area contributed by atoms with Gasteiger partial charge in [0.15, 0.2) is 0 Å². The predicted molar refractivity (Wildman–Crippen MR) is 385 cm³/mol. The first kappa shape index (κ1) is 46.9. The number of para-hydroxylation sites is 6. The molecule has 0 saturated carbocycles. The van der Waals surface area contributed by atoms with Crippen molar-refractivity contribution in [2.45, 2.75) is 0 Å². The third kappa shape index (κ3) is 5.52. The highest BCUT2D eigenvalue weighted by Gasteiger charge is 2.53. The monoisotopic (exact) mass is 1130 g/mol. The Bertz CT molecular complexity index is 5500. The predicted octanol–water partition coefficient (Wildman–Crippen LogP) is 12.1. The Labute approximate surface area is 521 Å². The molecule has 0 aromatic heterocycles. The number of rotatable bonds is 4. The molecule has 0 bridgehead atoms. The lowest BCUT2D eigenvalue weighted by Gasteiger charge is -2.49. The molecule has 0 saturated heterocycles. The highest BCUT2D eigenvalue weighted by atomic mass is 15.2. The van der Waals surface area contributed by atoms with Crippen LogP contribution in [-0.4, -0.2) is 26.9 Å². The molecule has 8 heteroatoms. The van der Waals surface area contributed by atoms with E-state index in [0.717, 1.165) is 22.7 Å². The van der Waals surface area contributed by atoms with Crippen molar-refractivity contribution in [2.24, 2.45) is 0 Å². The van der Waals surface area contributed by atoms with E-state index in [0.29, 0.717) is 0 Å². The quantitative estimate of drug-likeness (QED) is 0.129. The van der Waals surface area contributed by atoms with Crippen LogP contribution in [0.15, 0.2) is 279 Å². The van der Waals surface area contributed by atoms with Crippen molar-refractivity contribution in [2.75, 3.05) is 19.6 Å². The molecule has 0 radical (unpaired) electrons. The molecular formula is C82H46B4N4. The van der Waals surface area contributed by atoms with Crippen molar-refractivity contribution >= 4 is 204 Å². The highest BCUT2D eigenvalue weighted by molar-refractivity contribution is 7.08. The summed E-state index contributed by atoms with van der Waals surface area (Å²) in [5, 5.41) is 10.8. The van der Waals surface area contributed by atoms with E-state index in [2.05, 4.69) is 299 Å². The van der Waals surface area contributed by atoms with E-state index in [1.54, 1.807) is 0 Å². The van der Waals surface area contributed by atoms with E-state index in [4.69, 9.17) is 0 Å². The topological polar surface area (TPSA) is 13.0 Å². The van der Waals surface area contributed by atoms with Gasteiger partial charge in [-0.15, -0.1) is 0 Å². The molecule has 23 rings (SSSR count). The smallest absolute Gasteiger partial charge is 0.248 e. The minimum Gasteiger partial charge on any atom is -0.311 e. The third-order valence-corrected chi connectivity index (χ3v) is 22.0. The van der Waals surface area contributed by atoms with Crippen molar-refractivity contribution in [3.63, 3.8) is 0 Å². The van der Waals surface area contributed by atoms with E-state index in [1.807, 2.05) is 0 Å². The summed E-state index contributed by atoms with van der Waals surface area (Å²) in [6.45, 7) is -0.125. The Kier molecular flexibility index (Phi) is 8.60. The minimum atomic E-state index is -0.0885. The molecule has 406 valence electrons. The van der Waals surface area contributed by atoms with Crippen LogP contribution in [0.1, 0.15) is 0 Å². The molecule has 4 nitrogen and oxygen atoms in total. The van der Waals surface area contributed by atoms with Gasteiger partial charge < -0.3 is 19.6 Å². The lowest BCUT2D eigenvalue weighted by atomic mass is 9.25. The molecule has 90 heavy (non-hydrogen) atoms. The number of benzene rings is 15. The van der Waals surface area contributed by atoms with Crippen LogP contribution in [0.2, 0.25) is 0 Å². The van der Waals surface area contributed by atoms with Crippen LogP contribution >= 0.6 is 0 Å². The van der Waals surface area contributed by atoms with Gasteiger partial charge in [-0.1, -0.05) is 210 Å². The lowest BCUT2D eigenvalue weighted by Crippen LogP contribution is -2.68. The summed E-state index contributed by atoms with van der Waals surface area (Å²) >= 11 is 0. The van der Waals surface area contributed by atoms with Crippen LogP contribution in [0.25, 0.3) is 65.3 Å². The van der Waals surface area contributed by atoms with Crippen LogP contribution in [-0.2, 0) is 0 Å². The van der Waals surface area contributed by atoms with Crippen molar-refractivity contribution in [1.82, 2.24) is 0 Å². The van der Waals surface area contributed by atoms with Crippen LogP contribution < -0.4 is 85.2 Å². The SMILES string of the molecule is c1ccc(N2c3ccccc3B3c4c2cc2c5c4-c4c6c3cccc6cc3cccc(c43)B5c3cc4c(cc3N2c2ccccc2)N(c2ccccc2)c2cc3c5c6c2B4c2cccc4cc7cccc(c7c-6c24)B5c2ccccc2N3c2ccccc2)cc1. The second kappa shape index (κ2) is 16.5. The summed E-state index contributed by atoms with van der Waals surface area (Å²) < 4.78 is 0. The summed E-state index contributed by atoms with van der Waals surface area (Å²) in [5.41, 5.74) is 36.6.